The molecule has 0 aliphatic rings. The maximum Gasteiger partial charge on any atom is 0.242 e. The summed E-state index contributed by atoms with van der Waals surface area (Å²) in [7, 11) is 3.48. The fraction of sp³-hybridized carbons (Fsp3) is 0.429. The molecular weight excluding hydrogens is 269 g/mol. The van der Waals surface area contributed by atoms with Crippen molar-refractivity contribution in [2.75, 3.05) is 14.1 Å². The number of hydrogen-bond acceptors (Lipinski definition) is 2. The van der Waals surface area contributed by atoms with Crippen molar-refractivity contribution in [1.82, 2.24) is 14.5 Å². The summed E-state index contributed by atoms with van der Waals surface area (Å²) in [6, 6.07) is 0. The predicted octanol–water partition coefficient (Wildman–Crippen LogP) is 0.576. The summed E-state index contributed by atoms with van der Waals surface area (Å²) in [4.78, 5) is 16.8. The van der Waals surface area contributed by atoms with Crippen molar-refractivity contribution >= 4 is 28.5 Å². The lowest BCUT2D eigenvalue weighted by Crippen LogP contribution is -2.25. The highest BCUT2D eigenvalue weighted by Gasteiger charge is 2.04. The molecule has 12 heavy (non-hydrogen) atoms. The minimum absolute atomic E-state index is 0.0730. The van der Waals surface area contributed by atoms with Crippen LogP contribution in [0.4, 0.5) is 0 Å². The highest BCUT2D eigenvalue weighted by molar-refractivity contribution is 14.1. The van der Waals surface area contributed by atoms with E-state index >= 15 is 0 Å². The van der Waals surface area contributed by atoms with Crippen molar-refractivity contribution < 1.29 is 4.79 Å². The Hall–Kier alpha value is -0.590. The van der Waals surface area contributed by atoms with Gasteiger partial charge in [0.25, 0.3) is 0 Å². The van der Waals surface area contributed by atoms with Gasteiger partial charge in [0.15, 0.2) is 0 Å². The SMILES string of the molecule is CN(C)C(=O)Cn1cnc(I)c1. The minimum Gasteiger partial charge on any atom is -0.347 e. The van der Waals surface area contributed by atoms with Crippen molar-refractivity contribution in [3.8, 4) is 0 Å². The standard InChI is InChI=1S/C7H10IN3O/c1-10(2)7(12)4-11-3-6(8)9-5-11/h3,5H,4H2,1-2H3. The molecule has 5 heteroatoms. The first-order valence-electron chi connectivity index (χ1n) is 3.47. The molecular formula is C7H10IN3O. The van der Waals surface area contributed by atoms with Gasteiger partial charge in [-0.05, 0) is 22.6 Å². The van der Waals surface area contributed by atoms with Crippen LogP contribution in [0.25, 0.3) is 0 Å². The summed E-state index contributed by atoms with van der Waals surface area (Å²) in [6.07, 6.45) is 3.49. The van der Waals surface area contributed by atoms with E-state index in [1.807, 2.05) is 6.20 Å². The van der Waals surface area contributed by atoms with Crippen LogP contribution in [0, 0.1) is 3.70 Å². The third-order valence-corrected chi connectivity index (χ3v) is 1.98. The normalized spacial score (nSPS) is 9.92. The van der Waals surface area contributed by atoms with E-state index in [4.69, 9.17) is 0 Å². The number of hydrogen-bond donors (Lipinski definition) is 0. The van der Waals surface area contributed by atoms with E-state index < -0.39 is 0 Å². The van der Waals surface area contributed by atoms with Gasteiger partial charge < -0.3 is 9.47 Å². The lowest BCUT2D eigenvalue weighted by atomic mass is 10.5. The molecule has 1 amide bonds. The molecule has 1 aromatic heterocycles. The number of carbonyl (C=O) groups excluding carboxylic acids is 1. The third-order valence-electron chi connectivity index (χ3n) is 1.42. The zero-order valence-electron chi connectivity index (χ0n) is 6.99. The van der Waals surface area contributed by atoms with Crippen LogP contribution in [-0.4, -0.2) is 34.5 Å². The largest absolute Gasteiger partial charge is 0.347 e. The van der Waals surface area contributed by atoms with Gasteiger partial charge in [0.05, 0.1) is 6.33 Å². The molecule has 66 valence electrons. The molecule has 0 atom stereocenters. The zero-order valence-corrected chi connectivity index (χ0v) is 9.15. The van der Waals surface area contributed by atoms with E-state index in [0.717, 1.165) is 3.70 Å². The number of imidazole rings is 1. The molecule has 4 nitrogen and oxygen atoms in total. The first-order valence-corrected chi connectivity index (χ1v) is 4.55. The van der Waals surface area contributed by atoms with Crippen molar-refractivity contribution in [2.24, 2.45) is 0 Å². The minimum atomic E-state index is 0.0730. The van der Waals surface area contributed by atoms with Crippen molar-refractivity contribution in [2.45, 2.75) is 6.54 Å². The molecule has 0 saturated heterocycles. The number of halogens is 1. The Labute approximate surface area is 84.7 Å². The van der Waals surface area contributed by atoms with Crippen molar-refractivity contribution in [3.05, 3.63) is 16.2 Å². The van der Waals surface area contributed by atoms with E-state index in [9.17, 15) is 4.79 Å². The summed E-state index contributed by atoms with van der Waals surface area (Å²) in [6.45, 7) is 0.364. The molecule has 1 heterocycles. The maximum atomic E-state index is 11.2. The molecule has 0 aliphatic heterocycles. The number of rotatable bonds is 2. The van der Waals surface area contributed by atoms with Crippen molar-refractivity contribution in [1.29, 1.82) is 0 Å². The second-order valence-corrected chi connectivity index (χ2v) is 3.76. The zero-order chi connectivity index (χ0) is 9.14. The molecule has 1 rings (SSSR count). The van der Waals surface area contributed by atoms with Crippen LogP contribution < -0.4 is 0 Å². The van der Waals surface area contributed by atoms with Crippen LogP contribution in [0.3, 0.4) is 0 Å². The molecule has 0 bridgehead atoms. The first kappa shape index (κ1) is 9.50. The molecule has 0 spiro atoms. The molecule has 0 unspecified atom stereocenters. The average molecular weight is 279 g/mol. The van der Waals surface area contributed by atoms with Crippen LogP contribution in [0.5, 0.6) is 0 Å². The molecule has 0 aromatic carbocycles. The van der Waals surface area contributed by atoms with Crippen LogP contribution in [0.15, 0.2) is 12.5 Å². The van der Waals surface area contributed by atoms with E-state index in [1.54, 1.807) is 29.9 Å². The lowest BCUT2D eigenvalue weighted by molar-refractivity contribution is -0.129. The van der Waals surface area contributed by atoms with E-state index in [2.05, 4.69) is 27.6 Å². The Balaban J connectivity index is 2.58. The van der Waals surface area contributed by atoms with Gasteiger partial charge in [0.1, 0.15) is 10.2 Å². The van der Waals surface area contributed by atoms with Gasteiger partial charge in [0, 0.05) is 20.3 Å². The smallest absolute Gasteiger partial charge is 0.242 e. The van der Waals surface area contributed by atoms with E-state index in [1.165, 1.54) is 0 Å². The fourth-order valence-corrected chi connectivity index (χ4v) is 1.20. The highest BCUT2D eigenvalue weighted by Crippen LogP contribution is 1.99. The Morgan fingerprint density at radius 3 is 2.83 bits per heavy atom. The Bertz CT molecular complexity index is 282. The second kappa shape index (κ2) is 3.88. The van der Waals surface area contributed by atoms with Gasteiger partial charge in [0.2, 0.25) is 5.91 Å². The van der Waals surface area contributed by atoms with Gasteiger partial charge in [-0.3, -0.25) is 4.79 Å². The Kier molecular flexibility index (Phi) is 3.07. The maximum absolute atomic E-state index is 11.2. The molecule has 0 N–H and O–H groups in total. The van der Waals surface area contributed by atoms with Crippen LogP contribution >= 0.6 is 22.6 Å². The molecule has 0 saturated carbocycles. The van der Waals surface area contributed by atoms with Gasteiger partial charge in [-0.25, -0.2) is 4.98 Å². The quantitative estimate of drug-likeness (QED) is 0.743. The van der Waals surface area contributed by atoms with Gasteiger partial charge in [-0.15, -0.1) is 0 Å². The fourth-order valence-electron chi connectivity index (χ4n) is 0.717. The topological polar surface area (TPSA) is 38.1 Å². The van der Waals surface area contributed by atoms with Gasteiger partial charge in [-0.2, -0.15) is 0 Å². The molecule has 0 radical (unpaired) electrons. The number of carbonyl (C=O) groups is 1. The van der Waals surface area contributed by atoms with Crippen LogP contribution in [0.1, 0.15) is 0 Å². The molecule has 0 aliphatic carbocycles. The predicted molar refractivity (Wildman–Crippen MR) is 53.6 cm³/mol. The summed E-state index contributed by atoms with van der Waals surface area (Å²) < 4.78 is 2.67. The summed E-state index contributed by atoms with van der Waals surface area (Å²) in [5.74, 6) is 0.0730. The van der Waals surface area contributed by atoms with Gasteiger partial charge >= 0.3 is 0 Å². The molecule has 1 aromatic rings. The van der Waals surface area contributed by atoms with Crippen LogP contribution in [0.2, 0.25) is 0 Å². The number of aromatic nitrogens is 2. The summed E-state index contributed by atoms with van der Waals surface area (Å²) >= 11 is 2.11. The first-order chi connectivity index (χ1) is 5.59. The van der Waals surface area contributed by atoms with Gasteiger partial charge in [-0.1, -0.05) is 0 Å². The Morgan fingerprint density at radius 2 is 2.42 bits per heavy atom. The van der Waals surface area contributed by atoms with Crippen LogP contribution in [-0.2, 0) is 11.3 Å². The number of nitrogens with zero attached hydrogens (tertiary/aromatic N) is 3. The Morgan fingerprint density at radius 1 is 1.75 bits per heavy atom. The summed E-state index contributed by atoms with van der Waals surface area (Å²) in [5.41, 5.74) is 0. The highest BCUT2D eigenvalue weighted by atomic mass is 127. The average Bonchev–Trinajstić information content (AvgIpc) is 2.35. The second-order valence-electron chi connectivity index (χ2n) is 2.66. The van der Waals surface area contributed by atoms with E-state index in [0.29, 0.717) is 6.54 Å². The van der Waals surface area contributed by atoms with E-state index in [-0.39, 0.29) is 5.91 Å². The lowest BCUT2D eigenvalue weighted by Gasteiger charge is -2.09. The third kappa shape index (κ3) is 2.47. The van der Waals surface area contributed by atoms with Crippen molar-refractivity contribution in [3.63, 3.8) is 0 Å². The molecule has 0 fully saturated rings. The number of likely N-dealkylation sites (N-methyl/N-ethyl adjacent to an activating group) is 1. The monoisotopic (exact) mass is 279 g/mol. The number of amides is 1. The summed E-state index contributed by atoms with van der Waals surface area (Å²) in [5, 5.41) is 0.